The first kappa shape index (κ1) is 8.75. The van der Waals surface area contributed by atoms with Crippen molar-refractivity contribution in [2.24, 2.45) is 7.05 Å². The van der Waals surface area contributed by atoms with Gasteiger partial charge in [0, 0.05) is 32.8 Å². The van der Waals surface area contributed by atoms with Gasteiger partial charge in [-0.3, -0.25) is 0 Å². The molecule has 0 radical (unpaired) electrons. The van der Waals surface area contributed by atoms with Crippen LogP contribution in [0.3, 0.4) is 0 Å². The zero-order chi connectivity index (χ0) is 8.81. The molecule has 4 heteroatoms. The lowest BCUT2D eigenvalue weighted by molar-refractivity contribution is 0.661. The Labute approximate surface area is 71.8 Å². The molecule has 1 heterocycles. The topological polar surface area (TPSA) is 53.6 Å². The molecule has 0 aliphatic rings. The largest absolute Gasteiger partial charge is 0.337 e. The number of nitrogens with one attached hydrogen (secondary N) is 1. The highest BCUT2D eigenvalue weighted by atomic mass is 15.0. The first-order valence-electron chi connectivity index (χ1n) is 3.87. The standard InChI is InChI=1S/C8H12N4/c1-12-7-11-6-8(12)5-10-4-2-3-9/h6-7,10H,2,4-5H2,1H3. The number of imidazole rings is 1. The molecule has 1 aromatic rings. The smallest absolute Gasteiger partial charge is 0.0945 e. The number of aromatic nitrogens is 2. The van der Waals surface area contributed by atoms with Crippen molar-refractivity contribution in [1.29, 1.82) is 5.26 Å². The van der Waals surface area contributed by atoms with Crippen molar-refractivity contribution in [1.82, 2.24) is 14.9 Å². The van der Waals surface area contributed by atoms with Gasteiger partial charge in [0.25, 0.3) is 0 Å². The second kappa shape index (κ2) is 4.52. The maximum Gasteiger partial charge on any atom is 0.0945 e. The summed E-state index contributed by atoms with van der Waals surface area (Å²) in [4.78, 5) is 3.98. The third kappa shape index (κ3) is 2.36. The Balaban J connectivity index is 2.25. The molecule has 64 valence electrons. The molecular weight excluding hydrogens is 152 g/mol. The predicted molar refractivity (Wildman–Crippen MR) is 45.1 cm³/mol. The van der Waals surface area contributed by atoms with Crippen LogP contribution in [0.15, 0.2) is 12.5 Å². The number of rotatable bonds is 4. The minimum absolute atomic E-state index is 0.553. The van der Waals surface area contributed by atoms with Crippen LogP contribution in [0.25, 0.3) is 0 Å². The molecule has 4 nitrogen and oxygen atoms in total. The van der Waals surface area contributed by atoms with Crippen LogP contribution in [0.2, 0.25) is 0 Å². The predicted octanol–water partition coefficient (Wildman–Crippen LogP) is 0.423. The lowest BCUT2D eigenvalue weighted by Crippen LogP contribution is -2.15. The van der Waals surface area contributed by atoms with E-state index >= 15 is 0 Å². The summed E-state index contributed by atoms with van der Waals surface area (Å²) in [5, 5.41) is 11.4. The highest BCUT2D eigenvalue weighted by Gasteiger charge is 1.95. The van der Waals surface area contributed by atoms with E-state index < -0.39 is 0 Å². The molecule has 0 aromatic carbocycles. The van der Waals surface area contributed by atoms with E-state index in [0.717, 1.165) is 18.8 Å². The van der Waals surface area contributed by atoms with Crippen molar-refractivity contribution in [3.8, 4) is 6.07 Å². The van der Waals surface area contributed by atoms with E-state index in [4.69, 9.17) is 5.26 Å². The number of aryl methyl sites for hydroxylation is 1. The molecule has 1 N–H and O–H groups in total. The number of hydrogen-bond acceptors (Lipinski definition) is 3. The van der Waals surface area contributed by atoms with Crippen LogP contribution in [0.4, 0.5) is 0 Å². The van der Waals surface area contributed by atoms with E-state index in [9.17, 15) is 0 Å². The molecule has 0 aliphatic carbocycles. The van der Waals surface area contributed by atoms with Crippen molar-refractivity contribution in [2.45, 2.75) is 13.0 Å². The number of nitrogens with zero attached hydrogens (tertiary/aromatic N) is 3. The minimum atomic E-state index is 0.553. The Morgan fingerprint density at radius 2 is 2.58 bits per heavy atom. The van der Waals surface area contributed by atoms with E-state index in [2.05, 4.69) is 16.4 Å². The van der Waals surface area contributed by atoms with Crippen LogP contribution in [-0.4, -0.2) is 16.1 Å². The van der Waals surface area contributed by atoms with Gasteiger partial charge in [-0.1, -0.05) is 0 Å². The second-order valence-corrected chi connectivity index (χ2v) is 2.58. The summed E-state index contributed by atoms with van der Waals surface area (Å²) in [6, 6.07) is 2.08. The van der Waals surface area contributed by atoms with Crippen LogP contribution in [-0.2, 0) is 13.6 Å². The van der Waals surface area contributed by atoms with Crippen molar-refractivity contribution in [3.05, 3.63) is 18.2 Å². The lowest BCUT2D eigenvalue weighted by Gasteiger charge is -2.01. The van der Waals surface area contributed by atoms with Crippen molar-refractivity contribution in [3.63, 3.8) is 0 Å². The Bertz CT molecular complexity index is 271. The molecule has 1 aromatic heterocycles. The fourth-order valence-corrected chi connectivity index (χ4v) is 0.916. The summed E-state index contributed by atoms with van der Waals surface area (Å²) in [6.45, 7) is 1.51. The maximum atomic E-state index is 8.27. The van der Waals surface area contributed by atoms with Gasteiger partial charge in [-0.15, -0.1) is 0 Å². The molecule has 0 aliphatic heterocycles. The molecular formula is C8H12N4. The van der Waals surface area contributed by atoms with Crippen LogP contribution in [0, 0.1) is 11.3 Å². The monoisotopic (exact) mass is 164 g/mol. The molecule has 0 spiro atoms. The Morgan fingerprint density at radius 3 is 3.17 bits per heavy atom. The maximum absolute atomic E-state index is 8.27. The van der Waals surface area contributed by atoms with E-state index in [1.54, 1.807) is 6.33 Å². The van der Waals surface area contributed by atoms with Crippen LogP contribution in [0.5, 0.6) is 0 Å². The van der Waals surface area contributed by atoms with Crippen LogP contribution >= 0.6 is 0 Å². The molecule has 0 fully saturated rings. The first-order chi connectivity index (χ1) is 5.84. The van der Waals surface area contributed by atoms with Crippen LogP contribution < -0.4 is 5.32 Å². The fourth-order valence-electron chi connectivity index (χ4n) is 0.916. The van der Waals surface area contributed by atoms with Gasteiger partial charge >= 0.3 is 0 Å². The van der Waals surface area contributed by atoms with Gasteiger partial charge in [-0.05, 0) is 0 Å². The summed E-state index contributed by atoms with van der Waals surface area (Å²) in [5.74, 6) is 0. The lowest BCUT2D eigenvalue weighted by atomic mass is 10.4. The Morgan fingerprint density at radius 1 is 1.75 bits per heavy atom. The zero-order valence-electron chi connectivity index (χ0n) is 7.12. The number of nitriles is 1. The molecule has 0 unspecified atom stereocenters. The van der Waals surface area contributed by atoms with Gasteiger partial charge in [0.2, 0.25) is 0 Å². The Hall–Kier alpha value is -1.34. The number of hydrogen-bond donors (Lipinski definition) is 1. The quantitative estimate of drug-likeness (QED) is 0.656. The Kier molecular flexibility index (Phi) is 3.30. The van der Waals surface area contributed by atoms with Gasteiger partial charge in [0.15, 0.2) is 0 Å². The van der Waals surface area contributed by atoms with Crippen molar-refractivity contribution in [2.75, 3.05) is 6.54 Å². The van der Waals surface area contributed by atoms with Gasteiger partial charge in [-0.25, -0.2) is 4.98 Å². The molecule has 12 heavy (non-hydrogen) atoms. The average molecular weight is 164 g/mol. The average Bonchev–Trinajstić information content (AvgIpc) is 2.46. The summed E-state index contributed by atoms with van der Waals surface area (Å²) < 4.78 is 1.96. The van der Waals surface area contributed by atoms with E-state index in [1.165, 1.54) is 0 Å². The van der Waals surface area contributed by atoms with Crippen molar-refractivity contribution >= 4 is 0 Å². The normalized spacial score (nSPS) is 9.67. The second-order valence-electron chi connectivity index (χ2n) is 2.58. The van der Waals surface area contributed by atoms with E-state index in [-0.39, 0.29) is 0 Å². The summed E-state index contributed by atoms with van der Waals surface area (Å²) in [6.07, 6.45) is 4.14. The van der Waals surface area contributed by atoms with Gasteiger partial charge in [0.05, 0.1) is 18.1 Å². The molecule has 0 bridgehead atoms. The summed E-state index contributed by atoms with van der Waals surface area (Å²) in [5.41, 5.74) is 1.13. The van der Waals surface area contributed by atoms with Crippen molar-refractivity contribution < 1.29 is 0 Å². The molecule has 1 rings (SSSR count). The molecule has 0 amide bonds. The summed E-state index contributed by atoms with van der Waals surface area (Å²) in [7, 11) is 1.95. The molecule has 0 saturated carbocycles. The van der Waals surface area contributed by atoms with Gasteiger partial charge < -0.3 is 9.88 Å². The third-order valence-corrected chi connectivity index (χ3v) is 1.64. The first-order valence-corrected chi connectivity index (χ1v) is 3.87. The third-order valence-electron chi connectivity index (χ3n) is 1.64. The van der Waals surface area contributed by atoms with Crippen LogP contribution in [0.1, 0.15) is 12.1 Å². The fraction of sp³-hybridized carbons (Fsp3) is 0.500. The zero-order valence-corrected chi connectivity index (χ0v) is 7.12. The van der Waals surface area contributed by atoms with E-state index in [1.807, 2.05) is 17.8 Å². The molecule has 0 atom stereocenters. The van der Waals surface area contributed by atoms with Gasteiger partial charge in [-0.2, -0.15) is 5.26 Å². The molecule has 0 saturated heterocycles. The SMILES string of the molecule is Cn1cncc1CNCCC#N. The van der Waals surface area contributed by atoms with E-state index in [0.29, 0.717) is 6.42 Å². The highest BCUT2D eigenvalue weighted by molar-refractivity contribution is 4.96. The highest BCUT2D eigenvalue weighted by Crippen LogP contribution is 1.94. The summed E-state index contributed by atoms with van der Waals surface area (Å²) >= 11 is 0. The minimum Gasteiger partial charge on any atom is -0.337 e. The van der Waals surface area contributed by atoms with Gasteiger partial charge in [0.1, 0.15) is 0 Å².